The van der Waals surface area contributed by atoms with Gasteiger partial charge in [0, 0.05) is 17.3 Å². The fraction of sp³-hybridized carbons (Fsp3) is 0.455. The van der Waals surface area contributed by atoms with Crippen LogP contribution in [0.1, 0.15) is 41.7 Å². The molecule has 0 aromatic heterocycles. The van der Waals surface area contributed by atoms with E-state index in [2.05, 4.69) is 55.5 Å². The Hall–Kier alpha value is -1.62. The van der Waals surface area contributed by atoms with Crippen LogP contribution in [0.5, 0.6) is 0 Å². The van der Waals surface area contributed by atoms with Gasteiger partial charge in [0.25, 0.3) is 0 Å². The van der Waals surface area contributed by atoms with Crippen LogP contribution in [0.15, 0.2) is 48.5 Å². The molecule has 6 atom stereocenters. The summed E-state index contributed by atoms with van der Waals surface area (Å²) in [6.45, 7) is 2.72. The summed E-state index contributed by atoms with van der Waals surface area (Å²) in [4.78, 5) is 0. The van der Waals surface area contributed by atoms with Gasteiger partial charge in [-0.3, -0.25) is 0 Å². The molecule has 5 rings (SSSR count). The molecule has 1 N–H and O–H groups in total. The Morgan fingerprint density at radius 3 is 2.65 bits per heavy atom. The normalized spacial score (nSPS) is 37.4. The predicted molar refractivity (Wildman–Crippen MR) is 100 cm³/mol. The summed E-state index contributed by atoms with van der Waals surface area (Å²) in [6, 6.07) is 17.0. The van der Waals surface area contributed by atoms with Gasteiger partial charge in [0.1, 0.15) is 14.0 Å². The van der Waals surface area contributed by atoms with Crippen LogP contribution >= 0.6 is 0 Å². The van der Waals surface area contributed by atoms with E-state index in [9.17, 15) is 5.11 Å². The van der Waals surface area contributed by atoms with Gasteiger partial charge < -0.3 is 14.6 Å². The molecule has 1 saturated heterocycles. The minimum Gasteiger partial charge on any atom is -0.390 e. The van der Waals surface area contributed by atoms with Gasteiger partial charge in [0.15, 0.2) is 0 Å². The molecule has 26 heavy (non-hydrogen) atoms. The highest BCUT2D eigenvalue weighted by molar-refractivity contribution is 6.11. The molecule has 0 bridgehead atoms. The first-order chi connectivity index (χ1) is 12.6. The number of hydrogen-bond acceptors (Lipinski definition) is 3. The van der Waals surface area contributed by atoms with E-state index in [0.717, 1.165) is 6.42 Å². The molecule has 1 aliphatic heterocycles. The predicted octanol–water partition coefficient (Wildman–Crippen LogP) is 2.88. The third-order valence-corrected chi connectivity index (χ3v) is 6.64. The molecule has 4 heteroatoms. The van der Waals surface area contributed by atoms with E-state index in [-0.39, 0.29) is 17.6 Å². The Bertz CT molecular complexity index is 838. The summed E-state index contributed by atoms with van der Waals surface area (Å²) < 4.78 is 12.0. The lowest BCUT2D eigenvalue weighted by Crippen LogP contribution is -2.31. The maximum atomic E-state index is 10.1. The first-order valence-corrected chi connectivity index (χ1v) is 9.47. The Kier molecular flexibility index (Phi) is 3.79. The minimum atomic E-state index is -0.547. The summed E-state index contributed by atoms with van der Waals surface area (Å²) >= 11 is 0. The highest BCUT2D eigenvalue weighted by Crippen LogP contribution is 2.59. The third-order valence-electron chi connectivity index (χ3n) is 6.64. The zero-order valence-electron chi connectivity index (χ0n) is 15.0. The van der Waals surface area contributed by atoms with E-state index in [4.69, 9.17) is 17.3 Å². The first-order valence-electron chi connectivity index (χ1n) is 9.47. The number of benzene rings is 2. The topological polar surface area (TPSA) is 38.7 Å². The second-order valence-corrected chi connectivity index (χ2v) is 8.03. The number of ether oxygens (including phenoxy) is 2. The number of rotatable bonds is 3. The molecule has 2 aromatic rings. The average Bonchev–Trinajstić information content (AvgIpc) is 3.20. The lowest BCUT2D eigenvalue weighted by atomic mass is 9.75. The van der Waals surface area contributed by atoms with Gasteiger partial charge in [0.2, 0.25) is 0 Å². The van der Waals surface area contributed by atoms with Gasteiger partial charge in [0.05, 0.1) is 18.8 Å². The van der Waals surface area contributed by atoms with E-state index < -0.39 is 12.1 Å². The van der Waals surface area contributed by atoms with Crippen molar-refractivity contribution < 1.29 is 14.6 Å². The number of aliphatic hydroxyl groups excluding tert-OH is 1. The molecule has 2 radical (unpaired) electrons. The largest absolute Gasteiger partial charge is 0.390 e. The van der Waals surface area contributed by atoms with Crippen LogP contribution in [0.25, 0.3) is 0 Å². The molecule has 0 saturated carbocycles. The molecule has 5 unspecified atom stereocenters. The summed E-state index contributed by atoms with van der Waals surface area (Å²) in [6.07, 6.45) is 0.611. The Morgan fingerprint density at radius 1 is 1.15 bits per heavy atom. The summed E-state index contributed by atoms with van der Waals surface area (Å²) in [5.41, 5.74) is 5.45. The second kappa shape index (κ2) is 5.95. The van der Waals surface area contributed by atoms with Crippen molar-refractivity contribution in [3.63, 3.8) is 0 Å². The van der Waals surface area contributed by atoms with Crippen molar-refractivity contribution in [3.05, 3.63) is 70.8 Å². The molecule has 0 spiro atoms. The summed E-state index contributed by atoms with van der Waals surface area (Å²) in [7, 11) is 5.80. The summed E-state index contributed by atoms with van der Waals surface area (Å²) in [5, 5.41) is 10.1. The fourth-order valence-electron chi connectivity index (χ4n) is 5.35. The van der Waals surface area contributed by atoms with Crippen molar-refractivity contribution in [3.8, 4) is 0 Å². The van der Waals surface area contributed by atoms with Crippen molar-refractivity contribution in [2.45, 2.75) is 49.5 Å². The fourth-order valence-corrected chi connectivity index (χ4v) is 5.35. The van der Waals surface area contributed by atoms with Gasteiger partial charge in [-0.25, -0.2) is 0 Å². The molecule has 2 aliphatic carbocycles. The number of hydrogen-bond donors (Lipinski definition) is 1. The number of aliphatic hydroxyl groups is 1. The zero-order chi connectivity index (χ0) is 17.9. The standard InChI is InChI=1S/C22H23BO3/c1-22-15-8-4-2-6-13(15)10-17(22)21(14-7-3-5-9-16(14)22)25-12-19-18(24)11-20(23)26-19/h2-9,17-21,24H,10-12H2,1H3/t17?,18?,19-,20?,21?,22?/m1/s1. The van der Waals surface area contributed by atoms with Crippen LogP contribution in [0.2, 0.25) is 0 Å². The van der Waals surface area contributed by atoms with Gasteiger partial charge in [-0.05, 0) is 35.1 Å². The Morgan fingerprint density at radius 2 is 1.88 bits per heavy atom. The smallest absolute Gasteiger partial charge is 0.109 e. The van der Waals surface area contributed by atoms with Crippen molar-refractivity contribution in [1.29, 1.82) is 0 Å². The van der Waals surface area contributed by atoms with Crippen molar-refractivity contribution >= 4 is 7.85 Å². The molecule has 1 heterocycles. The monoisotopic (exact) mass is 346 g/mol. The van der Waals surface area contributed by atoms with E-state index in [0.29, 0.717) is 18.9 Å². The molecular formula is C22H23BO3. The number of fused-ring (bicyclic) bond motifs is 5. The van der Waals surface area contributed by atoms with Gasteiger partial charge in [-0.2, -0.15) is 0 Å². The van der Waals surface area contributed by atoms with Gasteiger partial charge in [-0.1, -0.05) is 55.5 Å². The van der Waals surface area contributed by atoms with Gasteiger partial charge >= 0.3 is 0 Å². The van der Waals surface area contributed by atoms with Crippen LogP contribution < -0.4 is 0 Å². The second-order valence-electron chi connectivity index (χ2n) is 8.03. The van der Waals surface area contributed by atoms with Gasteiger partial charge in [-0.15, -0.1) is 0 Å². The molecule has 1 fully saturated rings. The lowest BCUT2D eigenvalue weighted by molar-refractivity contribution is -0.0713. The minimum absolute atomic E-state index is 0.0104. The Labute approximate surface area is 155 Å². The highest BCUT2D eigenvalue weighted by atomic mass is 16.6. The maximum Gasteiger partial charge on any atom is 0.109 e. The zero-order valence-corrected chi connectivity index (χ0v) is 15.0. The van der Waals surface area contributed by atoms with E-state index in [1.807, 2.05) is 0 Å². The maximum absolute atomic E-state index is 10.1. The van der Waals surface area contributed by atoms with Crippen LogP contribution in [0, 0.1) is 5.92 Å². The highest BCUT2D eigenvalue weighted by Gasteiger charge is 2.55. The van der Waals surface area contributed by atoms with E-state index in [1.54, 1.807) is 0 Å². The van der Waals surface area contributed by atoms with Crippen LogP contribution in [0.3, 0.4) is 0 Å². The third kappa shape index (κ3) is 2.25. The van der Waals surface area contributed by atoms with Crippen LogP contribution in [-0.4, -0.2) is 37.8 Å². The van der Waals surface area contributed by atoms with Crippen molar-refractivity contribution in [2.75, 3.05) is 6.61 Å². The van der Waals surface area contributed by atoms with Crippen molar-refractivity contribution in [1.82, 2.24) is 0 Å². The van der Waals surface area contributed by atoms with Crippen LogP contribution in [-0.2, 0) is 21.3 Å². The SMILES string of the molecule is [B]C1CC(O)[C@@H](COC2c3ccccc3C3(C)c4ccccc4CC23)O1. The molecule has 3 nitrogen and oxygen atoms in total. The molecule has 2 aromatic carbocycles. The van der Waals surface area contributed by atoms with Crippen LogP contribution in [0.4, 0.5) is 0 Å². The molecule has 132 valence electrons. The molecular weight excluding hydrogens is 323 g/mol. The summed E-state index contributed by atoms with van der Waals surface area (Å²) in [5.74, 6) is 0.365. The van der Waals surface area contributed by atoms with E-state index in [1.165, 1.54) is 22.3 Å². The quantitative estimate of drug-likeness (QED) is 0.869. The molecule has 3 aliphatic rings. The average molecular weight is 346 g/mol. The first kappa shape index (κ1) is 16.6. The molecule has 0 amide bonds. The van der Waals surface area contributed by atoms with Crippen molar-refractivity contribution in [2.24, 2.45) is 5.92 Å². The Balaban J connectivity index is 1.48. The lowest BCUT2D eigenvalue weighted by Gasteiger charge is -2.29. The van der Waals surface area contributed by atoms with E-state index >= 15 is 0 Å².